The van der Waals surface area contributed by atoms with Gasteiger partial charge in [-0.1, -0.05) is 41.5 Å². The summed E-state index contributed by atoms with van der Waals surface area (Å²) >= 11 is 0. The SMILES string of the molecule is CCC(CC)NC(=O)C(C)NC1C(C)(C)C1(C)C. The normalized spacial score (nSPS) is 22.9. The zero-order chi connectivity index (χ0) is 14.1. The summed E-state index contributed by atoms with van der Waals surface area (Å²) in [6.45, 7) is 15.2. The second-order valence-corrected chi connectivity index (χ2v) is 6.79. The molecule has 0 aromatic carbocycles. The predicted molar refractivity (Wildman–Crippen MR) is 76.5 cm³/mol. The first-order chi connectivity index (χ1) is 8.18. The van der Waals surface area contributed by atoms with Crippen molar-refractivity contribution in [1.29, 1.82) is 0 Å². The molecule has 0 aliphatic heterocycles. The molecule has 18 heavy (non-hydrogen) atoms. The number of nitrogens with one attached hydrogen (secondary N) is 2. The average molecular weight is 254 g/mol. The summed E-state index contributed by atoms with van der Waals surface area (Å²) in [5, 5.41) is 6.58. The fourth-order valence-electron chi connectivity index (χ4n) is 2.76. The molecule has 1 atom stereocenters. The van der Waals surface area contributed by atoms with Crippen molar-refractivity contribution in [2.75, 3.05) is 0 Å². The van der Waals surface area contributed by atoms with E-state index in [-0.39, 0.29) is 22.8 Å². The summed E-state index contributed by atoms with van der Waals surface area (Å²) in [6, 6.07) is 0.617. The van der Waals surface area contributed by atoms with Crippen molar-refractivity contribution in [1.82, 2.24) is 10.6 Å². The molecule has 1 aliphatic rings. The van der Waals surface area contributed by atoms with Crippen LogP contribution in [-0.4, -0.2) is 24.0 Å². The van der Waals surface area contributed by atoms with Gasteiger partial charge in [0.2, 0.25) is 5.91 Å². The van der Waals surface area contributed by atoms with Crippen LogP contribution < -0.4 is 10.6 Å². The van der Waals surface area contributed by atoms with E-state index in [1.165, 1.54) is 0 Å². The molecule has 1 rings (SSSR count). The van der Waals surface area contributed by atoms with Gasteiger partial charge in [0.15, 0.2) is 0 Å². The van der Waals surface area contributed by atoms with Crippen molar-refractivity contribution in [2.24, 2.45) is 10.8 Å². The summed E-state index contributed by atoms with van der Waals surface area (Å²) in [6.07, 6.45) is 1.99. The van der Waals surface area contributed by atoms with Crippen molar-refractivity contribution in [3.63, 3.8) is 0 Å². The summed E-state index contributed by atoms with van der Waals surface area (Å²) in [5.41, 5.74) is 0.549. The molecule has 1 unspecified atom stereocenters. The molecule has 0 bridgehead atoms. The van der Waals surface area contributed by atoms with Gasteiger partial charge in [-0.3, -0.25) is 4.79 Å². The molecule has 1 amide bonds. The summed E-state index contributed by atoms with van der Waals surface area (Å²) < 4.78 is 0. The van der Waals surface area contributed by atoms with Gasteiger partial charge in [-0.05, 0) is 30.6 Å². The Bertz CT molecular complexity index is 292. The van der Waals surface area contributed by atoms with Crippen molar-refractivity contribution < 1.29 is 4.79 Å². The molecular formula is C15H30N2O. The molecule has 0 radical (unpaired) electrons. The minimum atomic E-state index is -0.114. The first-order valence-electron chi connectivity index (χ1n) is 7.24. The van der Waals surface area contributed by atoms with Crippen molar-refractivity contribution in [3.8, 4) is 0 Å². The molecule has 0 aromatic heterocycles. The van der Waals surface area contributed by atoms with Crippen LogP contribution in [0.15, 0.2) is 0 Å². The van der Waals surface area contributed by atoms with Crippen molar-refractivity contribution in [3.05, 3.63) is 0 Å². The maximum absolute atomic E-state index is 12.1. The molecule has 0 spiro atoms. The third-order valence-corrected chi connectivity index (χ3v) is 5.16. The quantitative estimate of drug-likeness (QED) is 0.765. The highest BCUT2D eigenvalue weighted by molar-refractivity contribution is 5.81. The van der Waals surface area contributed by atoms with Crippen LogP contribution in [0.1, 0.15) is 61.3 Å². The molecule has 1 saturated carbocycles. The highest BCUT2D eigenvalue weighted by Gasteiger charge is 2.65. The van der Waals surface area contributed by atoms with Gasteiger partial charge in [-0.2, -0.15) is 0 Å². The highest BCUT2D eigenvalue weighted by Crippen LogP contribution is 2.62. The van der Waals surface area contributed by atoms with Crippen LogP contribution in [0.4, 0.5) is 0 Å². The highest BCUT2D eigenvalue weighted by atomic mass is 16.2. The zero-order valence-electron chi connectivity index (χ0n) is 13.1. The lowest BCUT2D eigenvalue weighted by molar-refractivity contribution is -0.123. The maximum atomic E-state index is 12.1. The Morgan fingerprint density at radius 3 is 1.89 bits per heavy atom. The van der Waals surface area contributed by atoms with E-state index in [1.807, 2.05) is 6.92 Å². The first kappa shape index (κ1) is 15.5. The Morgan fingerprint density at radius 1 is 1.11 bits per heavy atom. The molecule has 3 nitrogen and oxygen atoms in total. The number of hydrogen-bond donors (Lipinski definition) is 2. The molecular weight excluding hydrogens is 224 g/mol. The zero-order valence-corrected chi connectivity index (χ0v) is 13.1. The second kappa shape index (κ2) is 5.20. The lowest BCUT2D eigenvalue weighted by Crippen LogP contribution is -2.47. The van der Waals surface area contributed by atoms with Crippen LogP contribution in [-0.2, 0) is 4.79 Å². The molecule has 2 N–H and O–H groups in total. The van der Waals surface area contributed by atoms with Gasteiger partial charge in [0.1, 0.15) is 0 Å². The summed E-state index contributed by atoms with van der Waals surface area (Å²) in [4.78, 5) is 12.1. The number of rotatable bonds is 6. The van der Waals surface area contributed by atoms with Crippen LogP contribution >= 0.6 is 0 Å². The van der Waals surface area contributed by atoms with E-state index >= 15 is 0 Å². The van der Waals surface area contributed by atoms with Crippen LogP contribution in [0.25, 0.3) is 0 Å². The van der Waals surface area contributed by atoms with Gasteiger partial charge in [-0.25, -0.2) is 0 Å². The van der Waals surface area contributed by atoms with Crippen LogP contribution in [0.3, 0.4) is 0 Å². The smallest absolute Gasteiger partial charge is 0.237 e. The predicted octanol–water partition coefficient (Wildman–Crippen LogP) is 2.70. The van der Waals surface area contributed by atoms with E-state index < -0.39 is 0 Å². The molecule has 0 aromatic rings. The fourth-order valence-corrected chi connectivity index (χ4v) is 2.76. The van der Waals surface area contributed by atoms with Gasteiger partial charge in [0.25, 0.3) is 0 Å². The third kappa shape index (κ3) is 2.71. The van der Waals surface area contributed by atoms with E-state index in [0.29, 0.717) is 12.1 Å². The van der Waals surface area contributed by atoms with Crippen LogP contribution in [0.2, 0.25) is 0 Å². The number of amides is 1. The molecule has 106 valence electrons. The Morgan fingerprint density at radius 2 is 1.56 bits per heavy atom. The summed E-state index contributed by atoms with van der Waals surface area (Å²) in [7, 11) is 0. The van der Waals surface area contributed by atoms with Gasteiger partial charge in [0.05, 0.1) is 6.04 Å². The van der Waals surface area contributed by atoms with Crippen LogP contribution in [0.5, 0.6) is 0 Å². The van der Waals surface area contributed by atoms with Crippen molar-refractivity contribution >= 4 is 5.91 Å². The maximum Gasteiger partial charge on any atom is 0.237 e. The van der Waals surface area contributed by atoms with E-state index in [4.69, 9.17) is 0 Å². The Balaban J connectivity index is 2.47. The molecule has 1 fully saturated rings. The first-order valence-corrected chi connectivity index (χ1v) is 7.24. The topological polar surface area (TPSA) is 41.1 Å². The summed E-state index contributed by atoms with van der Waals surface area (Å²) in [5.74, 6) is 0.127. The van der Waals surface area contributed by atoms with E-state index in [1.54, 1.807) is 0 Å². The monoisotopic (exact) mass is 254 g/mol. The largest absolute Gasteiger partial charge is 0.352 e. The van der Waals surface area contributed by atoms with E-state index in [0.717, 1.165) is 12.8 Å². The standard InChI is InChI=1S/C15H30N2O/c1-8-11(9-2)17-12(18)10(3)16-13-14(4,5)15(13,6)7/h10-11,13,16H,8-9H2,1-7H3,(H,17,18). The number of carbonyl (C=O) groups is 1. The lowest BCUT2D eigenvalue weighted by Gasteiger charge is -2.20. The van der Waals surface area contributed by atoms with Gasteiger partial charge in [-0.15, -0.1) is 0 Å². The Kier molecular flexibility index (Phi) is 4.47. The van der Waals surface area contributed by atoms with Crippen LogP contribution in [0, 0.1) is 10.8 Å². The minimum Gasteiger partial charge on any atom is -0.352 e. The minimum absolute atomic E-state index is 0.114. The third-order valence-electron chi connectivity index (χ3n) is 5.16. The number of carbonyl (C=O) groups excluding carboxylic acids is 1. The van der Waals surface area contributed by atoms with Gasteiger partial charge >= 0.3 is 0 Å². The van der Waals surface area contributed by atoms with E-state index in [9.17, 15) is 4.79 Å². The second-order valence-electron chi connectivity index (χ2n) is 6.79. The lowest BCUT2D eigenvalue weighted by atomic mass is 10.0. The number of hydrogen-bond acceptors (Lipinski definition) is 2. The van der Waals surface area contributed by atoms with Gasteiger partial charge in [0, 0.05) is 12.1 Å². The average Bonchev–Trinajstić information content (AvgIpc) is 2.68. The molecule has 0 saturated heterocycles. The fraction of sp³-hybridized carbons (Fsp3) is 0.933. The molecule has 0 heterocycles. The molecule has 3 heteroatoms. The molecule has 1 aliphatic carbocycles. The van der Waals surface area contributed by atoms with E-state index in [2.05, 4.69) is 52.2 Å². The van der Waals surface area contributed by atoms with Gasteiger partial charge < -0.3 is 10.6 Å². The van der Waals surface area contributed by atoms with Crippen molar-refractivity contribution in [2.45, 2.75) is 79.4 Å². The Hall–Kier alpha value is -0.570. The Labute approximate surface area is 112 Å².